The van der Waals surface area contributed by atoms with Gasteiger partial charge < -0.3 is 19.7 Å². The highest BCUT2D eigenvalue weighted by atomic mass is 16.5. The number of rotatable bonds is 7. The van der Waals surface area contributed by atoms with E-state index in [1.807, 2.05) is 0 Å². The molecule has 1 aliphatic heterocycles. The Morgan fingerprint density at radius 3 is 2.40 bits per heavy atom. The van der Waals surface area contributed by atoms with Crippen LogP contribution in [0.1, 0.15) is 40.5 Å². The molecule has 120 valence electrons. The molecule has 1 fully saturated rings. The standard InChI is InChI=1S/C16H34N2O2/c1-14(11-19-6)18(5)13-16(7-9-20-10-8-16)12-17-15(2,3)4/h14,17H,7-13H2,1-6H3. The van der Waals surface area contributed by atoms with Crippen LogP contribution in [0.4, 0.5) is 0 Å². The minimum absolute atomic E-state index is 0.169. The van der Waals surface area contributed by atoms with Gasteiger partial charge in [-0.2, -0.15) is 0 Å². The SMILES string of the molecule is COCC(C)N(C)CC1(CNC(C)(C)C)CCOCC1. The molecule has 0 bridgehead atoms. The van der Waals surface area contributed by atoms with E-state index in [2.05, 4.69) is 45.0 Å². The van der Waals surface area contributed by atoms with E-state index in [-0.39, 0.29) is 5.54 Å². The number of ether oxygens (including phenoxy) is 2. The van der Waals surface area contributed by atoms with Gasteiger partial charge in [0.2, 0.25) is 0 Å². The van der Waals surface area contributed by atoms with Gasteiger partial charge in [-0.05, 0) is 53.0 Å². The second-order valence-electron chi connectivity index (χ2n) is 7.44. The zero-order valence-corrected chi connectivity index (χ0v) is 14.3. The fraction of sp³-hybridized carbons (Fsp3) is 1.00. The van der Waals surface area contributed by atoms with Crippen molar-refractivity contribution in [2.24, 2.45) is 5.41 Å². The normalized spacial score (nSPS) is 21.1. The third-order valence-electron chi connectivity index (χ3n) is 4.29. The summed E-state index contributed by atoms with van der Waals surface area (Å²) >= 11 is 0. The first-order chi connectivity index (χ1) is 9.28. The largest absolute Gasteiger partial charge is 0.383 e. The first kappa shape index (κ1) is 17.9. The summed E-state index contributed by atoms with van der Waals surface area (Å²) in [5.74, 6) is 0. The van der Waals surface area contributed by atoms with Crippen molar-refractivity contribution < 1.29 is 9.47 Å². The molecule has 1 unspecified atom stereocenters. The van der Waals surface area contributed by atoms with Gasteiger partial charge in [0, 0.05) is 45.0 Å². The van der Waals surface area contributed by atoms with Crippen LogP contribution in [0.3, 0.4) is 0 Å². The van der Waals surface area contributed by atoms with Gasteiger partial charge in [0.15, 0.2) is 0 Å². The van der Waals surface area contributed by atoms with Gasteiger partial charge >= 0.3 is 0 Å². The highest BCUT2D eigenvalue weighted by Gasteiger charge is 2.35. The molecule has 1 heterocycles. The molecular weight excluding hydrogens is 252 g/mol. The zero-order valence-electron chi connectivity index (χ0n) is 14.3. The molecule has 0 amide bonds. The zero-order chi connectivity index (χ0) is 15.2. The van der Waals surface area contributed by atoms with Crippen molar-refractivity contribution in [1.82, 2.24) is 10.2 Å². The average molecular weight is 286 g/mol. The molecule has 4 heteroatoms. The molecule has 20 heavy (non-hydrogen) atoms. The van der Waals surface area contributed by atoms with Gasteiger partial charge in [-0.15, -0.1) is 0 Å². The first-order valence-corrected chi connectivity index (χ1v) is 7.80. The fourth-order valence-electron chi connectivity index (χ4n) is 2.70. The lowest BCUT2D eigenvalue weighted by Crippen LogP contribution is -2.52. The maximum absolute atomic E-state index is 5.58. The summed E-state index contributed by atoms with van der Waals surface area (Å²) in [5, 5.41) is 3.70. The molecule has 0 saturated carbocycles. The van der Waals surface area contributed by atoms with E-state index in [1.54, 1.807) is 7.11 Å². The Morgan fingerprint density at radius 1 is 1.30 bits per heavy atom. The maximum atomic E-state index is 5.58. The second-order valence-corrected chi connectivity index (χ2v) is 7.44. The molecule has 1 N–H and O–H groups in total. The van der Waals surface area contributed by atoms with Crippen LogP contribution in [-0.4, -0.2) is 63.5 Å². The Labute approximate surface area is 125 Å². The van der Waals surface area contributed by atoms with E-state index in [4.69, 9.17) is 9.47 Å². The van der Waals surface area contributed by atoms with Crippen LogP contribution < -0.4 is 5.32 Å². The monoisotopic (exact) mass is 286 g/mol. The Morgan fingerprint density at radius 2 is 1.90 bits per heavy atom. The van der Waals surface area contributed by atoms with Crippen LogP contribution in [-0.2, 0) is 9.47 Å². The van der Waals surface area contributed by atoms with Crippen LogP contribution in [0.5, 0.6) is 0 Å². The summed E-state index contributed by atoms with van der Waals surface area (Å²) in [6, 6.07) is 0.453. The van der Waals surface area contributed by atoms with Gasteiger partial charge in [-0.25, -0.2) is 0 Å². The number of likely N-dealkylation sites (N-methyl/N-ethyl adjacent to an activating group) is 1. The highest BCUT2D eigenvalue weighted by Crippen LogP contribution is 2.31. The Balaban J connectivity index is 2.63. The first-order valence-electron chi connectivity index (χ1n) is 7.80. The molecule has 0 aromatic rings. The van der Waals surface area contributed by atoms with E-state index >= 15 is 0 Å². The van der Waals surface area contributed by atoms with Crippen LogP contribution in [0.15, 0.2) is 0 Å². The molecular formula is C16H34N2O2. The molecule has 0 aliphatic carbocycles. The van der Waals surface area contributed by atoms with E-state index in [9.17, 15) is 0 Å². The van der Waals surface area contributed by atoms with E-state index in [1.165, 1.54) is 0 Å². The molecule has 1 rings (SSSR count). The van der Waals surface area contributed by atoms with Crippen LogP contribution in [0, 0.1) is 5.41 Å². The number of hydrogen-bond donors (Lipinski definition) is 1. The Hall–Kier alpha value is -0.160. The van der Waals surface area contributed by atoms with Crippen LogP contribution in [0.2, 0.25) is 0 Å². The van der Waals surface area contributed by atoms with Gasteiger partial charge in [0.05, 0.1) is 6.61 Å². The fourth-order valence-corrected chi connectivity index (χ4v) is 2.70. The Bertz CT molecular complexity index is 270. The minimum atomic E-state index is 0.169. The summed E-state index contributed by atoms with van der Waals surface area (Å²) in [7, 11) is 3.98. The van der Waals surface area contributed by atoms with Crippen molar-refractivity contribution in [3.63, 3.8) is 0 Å². The van der Waals surface area contributed by atoms with Gasteiger partial charge in [-0.3, -0.25) is 0 Å². The third kappa shape index (κ3) is 6.08. The second kappa shape index (κ2) is 7.74. The van der Waals surface area contributed by atoms with Crippen molar-refractivity contribution in [1.29, 1.82) is 0 Å². The van der Waals surface area contributed by atoms with Crippen LogP contribution in [0.25, 0.3) is 0 Å². The lowest BCUT2D eigenvalue weighted by atomic mass is 9.78. The molecule has 0 aromatic heterocycles. The number of nitrogens with zero attached hydrogens (tertiary/aromatic N) is 1. The molecule has 1 aliphatic rings. The number of methoxy groups -OCH3 is 1. The smallest absolute Gasteiger partial charge is 0.0615 e. The lowest BCUT2D eigenvalue weighted by Gasteiger charge is -2.43. The predicted octanol–water partition coefficient (Wildman–Crippen LogP) is 2.14. The van der Waals surface area contributed by atoms with Gasteiger partial charge in [0.1, 0.15) is 0 Å². The molecule has 0 radical (unpaired) electrons. The predicted molar refractivity (Wildman–Crippen MR) is 84.2 cm³/mol. The summed E-state index contributed by atoms with van der Waals surface area (Å²) in [4.78, 5) is 2.43. The summed E-state index contributed by atoms with van der Waals surface area (Å²) in [5.41, 5.74) is 0.490. The van der Waals surface area contributed by atoms with E-state index in [0.717, 1.165) is 45.8 Å². The molecule has 4 nitrogen and oxygen atoms in total. The van der Waals surface area contributed by atoms with Crippen molar-refractivity contribution in [2.45, 2.75) is 52.1 Å². The topological polar surface area (TPSA) is 33.7 Å². The van der Waals surface area contributed by atoms with Crippen molar-refractivity contribution in [3.8, 4) is 0 Å². The van der Waals surface area contributed by atoms with Crippen molar-refractivity contribution >= 4 is 0 Å². The molecule has 0 spiro atoms. The van der Waals surface area contributed by atoms with Crippen molar-refractivity contribution in [3.05, 3.63) is 0 Å². The summed E-state index contributed by atoms with van der Waals surface area (Å²) in [6.45, 7) is 13.7. The summed E-state index contributed by atoms with van der Waals surface area (Å²) < 4.78 is 10.9. The number of nitrogens with one attached hydrogen (secondary N) is 1. The van der Waals surface area contributed by atoms with Gasteiger partial charge in [-0.1, -0.05) is 0 Å². The molecule has 1 atom stereocenters. The number of hydrogen-bond acceptors (Lipinski definition) is 4. The maximum Gasteiger partial charge on any atom is 0.0615 e. The van der Waals surface area contributed by atoms with E-state index in [0.29, 0.717) is 11.5 Å². The molecule has 0 aromatic carbocycles. The highest BCUT2D eigenvalue weighted by molar-refractivity contribution is 4.89. The molecule has 1 saturated heterocycles. The van der Waals surface area contributed by atoms with Crippen LogP contribution >= 0.6 is 0 Å². The van der Waals surface area contributed by atoms with Crippen molar-refractivity contribution in [2.75, 3.05) is 47.1 Å². The third-order valence-corrected chi connectivity index (χ3v) is 4.29. The Kier molecular flexibility index (Phi) is 6.92. The average Bonchev–Trinajstić information content (AvgIpc) is 2.37. The summed E-state index contributed by atoms with van der Waals surface area (Å²) in [6.07, 6.45) is 2.28. The minimum Gasteiger partial charge on any atom is -0.383 e. The quantitative estimate of drug-likeness (QED) is 0.777. The van der Waals surface area contributed by atoms with E-state index < -0.39 is 0 Å². The van der Waals surface area contributed by atoms with Gasteiger partial charge in [0.25, 0.3) is 0 Å². The lowest BCUT2D eigenvalue weighted by molar-refractivity contribution is -0.0138.